The third-order valence-corrected chi connectivity index (χ3v) is 10.1. The smallest absolute Gasteiger partial charge is 0.242 e. The second kappa shape index (κ2) is 11.7. The molecule has 1 aromatic heterocycles. The SMILES string of the molecule is C=C[C@H]1CC[C@H](c2ccccc2)S(=O)(=O)N1Cc1ccc(C2(COCc3nnc(C)o3)CCOCC2)cc1F. The van der Waals surface area contributed by atoms with Crippen molar-refractivity contribution in [3.05, 3.63) is 95.5 Å². The van der Waals surface area contributed by atoms with Gasteiger partial charge in [-0.15, -0.1) is 16.8 Å². The molecule has 208 valence electrons. The summed E-state index contributed by atoms with van der Waals surface area (Å²) in [6.45, 7) is 7.11. The summed E-state index contributed by atoms with van der Waals surface area (Å²) in [5.74, 6) is 0.423. The van der Waals surface area contributed by atoms with Gasteiger partial charge in [0.25, 0.3) is 0 Å². The zero-order valence-electron chi connectivity index (χ0n) is 22.1. The lowest BCUT2D eigenvalue weighted by atomic mass is 9.74. The molecule has 2 aliphatic rings. The van der Waals surface area contributed by atoms with E-state index in [1.54, 1.807) is 19.1 Å². The van der Waals surface area contributed by atoms with Gasteiger partial charge in [0, 0.05) is 43.7 Å². The normalized spacial score (nSPS) is 22.9. The summed E-state index contributed by atoms with van der Waals surface area (Å²) in [5.41, 5.74) is 1.44. The van der Waals surface area contributed by atoms with Gasteiger partial charge in [-0.2, -0.15) is 4.31 Å². The summed E-state index contributed by atoms with van der Waals surface area (Å²) in [7, 11) is -3.73. The predicted molar refractivity (Wildman–Crippen MR) is 144 cm³/mol. The van der Waals surface area contributed by atoms with Crippen LogP contribution in [-0.4, -0.2) is 48.8 Å². The van der Waals surface area contributed by atoms with Gasteiger partial charge in [-0.25, -0.2) is 12.8 Å². The molecular weight excluding hydrogens is 521 g/mol. The number of hydrogen-bond acceptors (Lipinski definition) is 7. The van der Waals surface area contributed by atoms with Crippen molar-refractivity contribution in [3.63, 3.8) is 0 Å². The van der Waals surface area contributed by atoms with Gasteiger partial charge in [0.1, 0.15) is 17.7 Å². The van der Waals surface area contributed by atoms with Crippen molar-refractivity contribution < 1.29 is 26.7 Å². The first-order chi connectivity index (χ1) is 18.8. The van der Waals surface area contributed by atoms with E-state index in [0.717, 1.165) is 11.1 Å². The number of rotatable bonds is 9. The van der Waals surface area contributed by atoms with Crippen molar-refractivity contribution in [3.8, 4) is 0 Å². The topological polar surface area (TPSA) is 94.8 Å². The Morgan fingerprint density at radius 1 is 1.15 bits per heavy atom. The maximum absolute atomic E-state index is 15.7. The minimum absolute atomic E-state index is 0.0579. The molecule has 0 unspecified atom stereocenters. The largest absolute Gasteiger partial charge is 0.423 e. The Kier molecular flexibility index (Phi) is 8.27. The molecule has 2 saturated heterocycles. The quantitative estimate of drug-likeness (QED) is 0.343. The van der Waals surface area contributed by atoms with Crippen molar-refractivity contribution in [2.24, 2.45) is 0 Å². The van der Waals surface area contributed by atoms with Crippen molar-refractivity contribution >= 4 is 10.0 Å². The fourth-order valence-corrected chi connectivity index (χ4v) is 7.75. The first kappa shape index (κ1) is 27.6. The van der Waals surface area contributed by atoms with E-state index in [1.807, 2.05) is 36.4 Å². The van der Waals surface area contributed by atoms with Gasteiger partial charge in [-0.05, 0) is 42.9 Å². The van der Waals surface area contributed by atoms with E-state index in [-0.39, 0.29) is 13.2 Å². The van der Waals surface area contributed by atoms with Crippen LogP contribution in [0.5, 0.6) is 0 Å². The van der Waals surface area contributed by atoms with Crippen LogP contribution in [-0.2, 0) is 38.1 Å². The Labute approximate surface area is 228 Å². The van der Waals surface area contributed by atoms with Gasteiger partial charge < -0.3 is 13.9 Å². The van der Waals surface area contributed by atoms with E-state index >= 15 is 4.39 Å². The minimum Gasteiger partial charge on any atom is -0.423 e. The van der Waals surface area contributed by atoms with Crippen LogP contribution < -0.4 is 0 Å². The molecule has 0 radical (unpaired) electrons. The zero-order chi connectivity index (χ0) is 27.5. The lowest BCUT2D eigenvalue weighted by Crippen LogP contribution is -2.45. The van der Waals surface area contributed by atoms with Crippen LogP contribution in [0.2, 0.25) is 0 Å². The second-order valence-corrected chi connectivity index (χ2v) is 12.3. The highest BCUT2D eigenvalue weighted by Crippen LogP contribution is 2.40. The van der Waals surface area contributed by atoms with Crippen LogP contribution >= 0.6 is 0 Å². The number of ether oxygens (including phenoxy) is 2. The summed E-state index contributed by atoms with van der Waals surface area (Å²) in [6, 6.07) is 13.9. The van der Waals surface area contributed by atoms with Gasteiger partial charge in [-0.3, -0.25) is 0 Å². The first-order valence-corrected chi connectivity index (χ1v) is 14.7. The van der Waals surface area contributed by atoms with Gasteiger partial charge in [0.15, 0.2) is 0 Å². The highest BCUT2D eigenvalue weighted by molar-refractivity contribution is 7.89. The molecule has 10 heteroatoms. The lowest BCUT2D eigenvalue weighted by molar-refractivity contribution is -0.00883. The molecule has 2 fully saturated rings. The minimum atomic E-state index is -3.73. The molecule has 39 heavy (non-hydrogen) atoms. The molecule has 2 aliphatic heterocycles. The fraction of sp³-hybridized carbons (Fsp3) is 0.448. The number of hydrogen-bond donors (Lipinski definition) is 0. The van der Waals surface area contributed by atoms with Crippen LogP contribution in [0.4, 0.5) is 4.39 Å². The average Bonchev–Trinajstić information content (AvgIpc) is 3.36. The van der Waals surface area contributed by atoms with E-state index in [1.165, 1.54) is 10.4 Å². The predicted octanol–water partition coefficient (Wildman–Crippen LogP) is 5.00. The Morgan fingerprint density at radius 3 is 2.59 bits per heavy atom. The van der Waals surface area contributed by atoms with E-state index in [2.05, 4.69) is 16.8 Å². The van der Waals surface area contributed by atoms with E-state index in [9.17, 15) is 8.42 Å². The summed E-state index contributed by atoms with van der Waals surface area (Å²) in [5, 5.41) is 7.12. The van der Waals surface area contributed by atoms with Gasteiger partial charge in [0.05, 0.1) is 6.61 Å². The van der Waals surface area contributed by atoms with Crippen molar-refractivity contribution in [1.82, 2.24) is 14.5 Å². The van der Waals surface area contributed by atoms with Crippen LogP contribution in [0.15, 0.2) is 65.6 Å². The molecule has 0 N–H and O–H groups in total. The summed E-state index contributed by atoms with van der Waals surface area (Å²) < 4.78 is 61.4. The standard InChI is InChI=1S/C29H34FN3O5S/c1-3-25-11-12-27(22-7-5-4-6-8-22)39(34,35)33(25)18-23-9-10-24(17-26(23)30)29(13-15-36-16-14-29)20-37-19-28-32-31-21(2)38-28/h3-10,17,25,27H,1,11-16,18-20H2,2H3/t25-,27+/m0/s1. The van der Waals surface area contributed by atoms with Crippen LogP contribution in [0.25, 0.3) is 0 Å². The molecule has 3 aromatic rings. The zero-order valence-corrected chi connectivity index (χ0v) is 22.9. The Bertz CT molecular complexity index is 1390. The maximum atomic E-state index is 15.7. The number of halogens is 1. The first-order valence-electron chi connectivity index (χ1n) is 13.2. The monoisotopic (exact) mass is 555 g/mol. The van der Waals surface area contributed by atoms with Crippen molar-refractivity contribution in [2.75, 3.05) is 19.8 Å². The highest BCUT2D eigenvalue weighted by Gasteiger charge is 2.42. The number of aromatic nitrogens is 2. The number of nitrogens with zero attached hydrogens (tertiary/aromatic N) is 3. The van der Waals surface area contributed by atoms with Crippen LogP contribution in [0, 0.1) is 12.7 Å². The molecule has 2 atom stereocenters. The average molecular weight is 556 g/mol. The maximum Gasteiger partial charge on any atom is 0.242 e. The molecule has 0 spiro atoms. The molecule has 5 rings (SSSR count). The van der Waals surface area contributed by atoms with E-state index in [0.29, 0.717) is 62.8 Å². The van der Waals surface area contributed by atoms with Gasteiger partial charge in [0.2, 0.25) is 21.8 Å². The fourth-order valence-electron chi connectivity index (χ4n) is 5.60. The number of sulfonamides is 1. The molecule has 2 aromatic carbocycles. The van der Waals surface area contributed by atoms with E-state index in [4.69, 9.17) is 13.9 Å². The van der Waals surface area contributed by atoms with Crippen LogP contribution in [0.1, 0.15) is 59.4 Å². The Morgan fingerprint density at radius 2 is 1.92 bits per heavy atom. The Balaban J connectivity index is 1.37. The third kappa shape index (κ3) is 5.84. The molecule has 0 saturated carbocycles. The molecule has 0 aliphatic carbocycles. The third-order valence-electron chi connectivity index (χ3n) is 7.84. The van der Waals surface area contributed by atoms with Crippen molar-refractivity contribution in [2.45, 2.75) is 62.5 Å². The van der Waals surface area contributed by atoms with E-state index < -0.39 is 32.5 Å². The molecule has 0 amide bonds. The number of benzene rings is 2. The molecule has 3 heterocycles. The van der Waals surface area contributed by atoms with Crippen LogP contribution in [0.3, 0.4) is 0 Å². The summed E-state index contributed by atoms with van der Waals surface area (Å²) in [4.78, 5) is 0. The highest BCUT2D eigenvalue weighted by atomic mass is 32.2. The molecular formula is C29H34FN3O5S. The Hall–Kier alpha value is -2.92. The summed E-state index contributed by atoms with van der Waals surface area (Å²) >= 11 is 0. The second-order valence-electron chi connectivity index (χ2n) is 10.3. The van der Waals surface area contributed by atoms with Gasteiger partial charge >= 0.3 is 0 Å². The molecule has 8 nitrogen and oxygen atoms in total. The number of aryl methyl sites for hydroxylation is 1. The summed E-state index contributed by atoms with van der Waals surface area (Å²) in [6.07, 6.45) is 4.11. The molecule has 0 bridgehead atoms. The van der Waals surface area contributed by atoms with Crippen molar-refractivity contribution in [1.29, 1.82) is 0 Å². The van der Waals surface area contributed by atoms with Gasteiger partial charge in [-0.1, -0.05) is 48.5 Å². The lowest BCUT2D eigenvalue weighted by Gasteiger charge is -2.39.